The highest BCUT2D eigenvalue weighted by atomic mass is 15.1. The van der Waals surface area contributed by atoms with E-state index < -0.39 is 0 Å². The zero-order valence-electron chi connectivity index (χ0n) is 14.3. The molecule has 0 bridgehead atoms. The molecule has 1 N–H and O–H groups in total. The summed E-state index contributed by atoms with van der Waals surface area (Å²) in [6.45, 7) is 7.64. The maximum absolute atomic E-state index is 3.40. The molecule has 2 fully saturated rings. The molecule has 0 unspecified atom stereocenters. The lowest BCUT2D eigenvalue weighted by Crippen LogP contribution is -2.34. The molecule has 0 radical (unpaired) electrons. The van der Waals surface area contributed by atoms with Crippen molar-refractivity contribution in [3.8, 4) is 11.8 Å². The number of fused-ring (bicyclic) bond motifs is 1. The summed E-state index contributed by atoms with van der Waals surface area (Å²) in [6.07, 6.45) is 7.82. The zero-order chi connectivity index (χ0) is 15.8. The van der Waals surface area contributed by atoms with Crippen LogP contribution >= 0.6 is 0 Å². The van der Waals surface area contributed by atoms with Crippen LogP contribution in [0.25, 0.3) is 10.9 Å². The summed E-state index contributed by atoms with van der Waals surface area (Å²) >= 11 is 0. The molecule has 1 saturated carbocycles. The third-order valence-corrected chi connectivity index (χ3v) is 5.71. The van der Waals surface area contributed by atoms with Crippen LogP contribution in [0, 0.1) is 30.6 Å². The summed E-state index contributed by atoms with van der Waals surface area (Å²) in [5.74, 6) is 8.50. The maximum atomic E-state index is 3.40. The number of aromatic nitrogens is 1. The van der Waals surface area contributed by atoms with Gasteiger partial charge in [0.2, 0.25) is 0 Å². The molecule has 1 aromatic carbocycles. The van der Waals surface area contributed by atoms with Crippen molar-refractivity contribution in [2.45, 2.75) is 46.1 Å². The van der Waals surface area contributed by atoms with Gasteiger partial charge in [-0.2, -0.15) is 0 Å². The van der Waals surface area contributed by atoms with Crippen molar-refractivity contribution in [1.82, 2.24) is 9.88 Å². The van der Waals surface area contributed by atoms with Gasteiger partial charge in [-0.25, -0.2) is 0 Å². The van der Waals surface area contributed by atoms with Crippen molar-refractivity contribution in [2.75, 3.05) is 13.1 Å². The molecule has 0 spiro atoms. The summed E-state index contributed by atoms with van der Waals surface area (Å²) in [6, 6.07) is 4.47. The first-order chi connectivity index (χ1) is 11.3. The van der Waals surface area contributed by atoms with E-state index in [9.17, 15) is 0 Å². The second-order valence-corrected chi connectivity index (χ2v) is 7.31. The Hall–Kier alpha value is -1.72. The number of hydrogen-bond acceptors (Lipinski definition) is 1. The Balaban J connectivity index is 1.59. The third-order valence-electron chi connectivity index (χ3n) is 5.71. The van der Waals surface area contributed by atoms with Crippen molar-refractivity contribution in [2.24, 2.45) is 11.8 Å². The molecule has 120 valence electrons. The smallest absolute Gasteiger partial charge is 0.0487 e. The Bertz CT molecular complexity index is 762. The van der Waals surface area contributed by atoms with Crippen molar-refractivity contribution in [3.63, 3.8) is 0 Å². The monoisotopic (exact) mass is 306 g/mol. The van der Waals surface area contributed by atoms with Crippen LogP contribution in [0.15, 0.2) is 18.3 Å². The lowest BCUT2D eigenvalue weighted by molar-refractivity contribution is 0.166. The highest BCUT2D eigenvalue weighted by molar-refractivity contribution is 5.88. The van der Waals surface area contributed by atoms with Crippen molar-refractivity contribution in [3.05, 3.63) is 35.0 Å². The summed E-state index contributed by atoms with van der Waals surface area (Å²) in [5, 5.41) is 1.35. The van der Waals surface area contributed by atoms with Gasteiger partial charge in [-0.1, -0.05) is 5.92 Å². The molecule has 2 heterocycles. The molecule has 0 amide bonds. The van der Waals surface area contributed by atoms with Crippen LogP contribution < -0.4 is 0 Å². The van der Waals surface area contributed by atoms with E-state index in [4.69, 9.17) is 0 Å². The first-order valence-corrected chi connectivity index (χ1v) is 9.01. The first-order valence-electron chi connectivity index (χ1n) is 9.01. The van der Waals surface area contributed by atoms with Crippen molar-refractivity contribution >= 4 is 10.9 Å². The van der Waals surface area contributed by atoms with E-state index in [2.05, 4.69) is 47.0 Å². The van der Waals surface area contributed by atoms with Gasteiger partial charge >= 0.3 is 0 Å². The fourth-order valence-electron chi connectivity index (χ4n) is 4.26. The summed E-state index contributed by atoms with van der Waals surface area (Å²) in [7, 11) is 0. The Labute approximate surface area is 139 Å². The average molecular weight is 306 g/mol. The molecule has 1 aromatic heterocycles. The molecular weight excluding hydrogens is 280 g/mol. The normalized spacial score (nSPS) is 19.7. The predicted octanol–water partition coefficient (Wildman–Crippen LogP) is 4.47. The van der Waals surface area contributed by atoms with Crippen LogP contribution in [-0.2, 0) is 6.54 Å². The summed E-state index contributed by atoms with van der Waals surface area (Å²) in [4.78, 5) is 6.03. The van der Waals surface area contributed by atoms with Crippen LogP contribution in [0.3, 0.4) is 0 Å². The molecule has 1 aliphatic carbocycles. The number of likely N-dealkylation sites (tertiary alicyclic amines) is 1. The third kappa shape index (κ3) is 2.91. The topological polar surface area (TPSA) is 19.0 Å². The number of aryl methyl sites for hydroxylation is 1. The van der Waals surface area contributed by atoms with Gasteiger partial charge in [-0.15, -0.1) is 5.92 Å². The van der Waals surface area contributed by atoms with Crippen molar-refractivity contribution < 1.29 is 0 Å². The Kier molecular flexibility index (Phi) is 3.91. The highest BCUT2D eigenvalue weighted by Gasteiger charge is 2.33. The Morgan fingerprint density at radius 1 is 1.17 bits per heavy atom. The molecule has 2 nitrogen and oxygen atoms in total. The number of nitrogens with one attached hydrogen (secondary N) is 1. The Morgan fingerprint density at radius 3 is 2.61 bits per heavy atom. The predicted molar refractivity (Wildman–Crippen MR) is 96.3 cm³/mol. The molecule has 2 aliphatic rings. The number of nitrogens with zero attached hydrogens (tertiary/aromatic N) is 1. The molecule has 2 heteroatoms. The van der Waals surface area contributed by atoms with Crippen LogP contribution in [0.1, 0.15) is 49.3 Å². The first kappa shape index (κ1) is 14.8. The van der Waals surface area contributed by atoms with E-state index in [1.165, 1.54) is 66.4 Å². The minimum Gasteiger partial charge on any atom is -0.361 e. The van der Waals surface area contributed by atoms with E-state index in [0.29, 0.717) is 0 Å². The largest absolute Gasteiger partial charge is 0.361 e. The minimum atomic E-state index is 1.01. The zero-order valence-corrected chi connectivity index (χ0v) is 14.3. The van der Waals surface area contributed by atoms with Gasteiger partial charge < -0.3 is 4.98 Å². The van der Waals surface area contributed by atoms with E-state index in [-0.39, 0.29) is 0 Å². The molecule has 4 rings (SSSR count). The van der Waals surface area contributed by atoms with Crippen LogP contribution in [-0.4, -0.2) is 23.0 Å². The average Bonchev–Trinajstić information content (AvgIpc) is 3.28. The molecule has 0 atom stereocenters. The molecule has 2 aromatic rings. The molecule has 1 saturated heterocycles. The fraction of sp³-hybridized carbons (Fsp3) is 0.524. The van der Waals surface area contributed by atoms with E-state index >= 15 is 0 Å². The molecule has 23 heavy (non-hydrogen) atoms. The van der Waals surface area contributed by atoms with Crippen molar-refractivity contribution in [1.29, 1.82) is 0 Å². The Morgan fingerprint density at radius 2 is 1.91 bits per heavy atom. The van der Waals surface area contributed by atoms with Gasteiger partial charge in [0.05, 0.1) is 0 Å². The lowest BCUT2D eigenvalue weighted by atomic mass is 9.91. The van der Waals surface area contributed by atoms with E-state index in [1.54, 1.807) is 0 Å². The number of hydrogen-bond donors (Lipinski definition) is 1. The number of rotatable bonds is 3. The van der Waals surface area contributed by atoms with Crippen LogP contribution in [0.2, 0.25) is 0 Å². The van der Waals surface area contributed by atoms with Crippen LogP contribution in [0.5, 0.6) is 0 Å². The van der Waals surface area contributed by atoms with E-state index in [0.717, 1.165) is 18.4 Å². The van der Waals surface area contributed by atoms with Gasteiger partial charge in [0.25, 0.3) is 0 Å². The SMILES string of the molecule is CC#Cc1cc(C)c2[nH]ccc2c1CN1CCC(C2CC2)CC1. The number of piperidine rings is 1. The van der Waals surface area contributed by atoms with Gasteiger partial charge in [0.1, 0.15) is 0 Å². The van der Waals surface area contributed by atoms with Gasteiger partial charge in [0.15, 0.2) is 0 Å². The highest BCUT2D eigenvalue weighted by Crippen LogP contribution is 2.42. The van der Waals surface area contributed by atoms with Gasteiger partial charge in [-0.3, -0.25) is 4.90 Å². The molecular formula is C21H26N2. The lowest BCUT2D eigenvalue weighted by Gasteiger charge is -2.32. The van der Waals surface area contributed by atoms with Gasteiger partial charge in [0, 0.05) is 29.2 Å². The standard InChI is InChI=1S/C21H26N2/c1-3-4-18-13-15(2)21-19(7-10-22-21)20(18)14-23-11-8-17(9-12-23)16-5-6-16/h7,10,13,16-17,22H,5-6,8-9,11-12,14H2,1-2H3. The maximum Gasteiger partial charge on any atom is 0.0487 e. The molecule has 1 aliphatic heterocycles. The van der Waals surface area contributed by atoms with Crippen LogP contribution in [0.4, 0.5) is 0 Å². The second-order valence-electron chi connectivity index (χ2n) is 7.31. The van der Waals surface area contributed by atoms with Gasteiger partial charge in [-0.05, 0) is 87.7 Å². The second kappa shape index (κ2) is 6.06. The quantitative estimate of drug-likeness (QED) is 0.829. The minimum absolute atomic E-state index is 1.01. The van der Waals surface area contributed by atoms with E-state index in [1.807, 2.05) is 6.92 Å². The summed E-state index contributed by atoms with van der Waals surface area (Å²) < 4.78 is 0. The number of aromatic amines is 1. The fourth-order valence-corrected chi connectivity index (χ4v) is 4.26. The number of benzene rings is 1. The summed E-state index contributed by atoms with van der Waals surface area (Å²) in [5.41, 5.74) is 5.18. The number of H-pyrrole nitrogens is 1.